The van der Waals surface area contributed by atoms with Crippen molar-refractivity contribution in [2.45, 2.75) is 18.6 Å². The first-order chi connectivity index (χ1) is 13.0. The number of benzene rings is 1. The molecule has 3 rings (SSSR count). The first-order valence-electron chi connectivity index (χ1n) is 8.33. The number of hydrogen-bond donors (Lipinski definition) is 2. The first-order valence-corrected chi connectivity index (χ1v) is 8.33. The van der Waals surface area contributed by atoms with Crippen molar-refractivity contribution < 1.29 is 18.0 Å². The van der Waals surface area contributed by atoms with E-state index in [9.17, 15) is 18.0 Å². The smallest absolute Gasteiger partial charge is 0.375 e. The number of hydrogen-bond acceptors (Lipinski definition) is 6. The lowest BCUT2D eigenvalue weighted by molar-refractivity contribution is -0.137. The minimum absolute atomic E-state index is 0.117. The molecule has 1 saturated heterocycles. The van der Waals surface area contributed by atoms with Crippen LogP contribution in [0.4, 0.5) is 30.5 Å². The molecule has 142 valence electrons. The third-order valence-electron chi connectivity index (χ3n) is 4.11. The number of aldehydes is 1. The fraction of sp³-hybridized carbons (Fsp3) is 0.278. The highest BCUT2D eigenvalue weighted by molar-refractivity contribution is 5.67. The summed E-state index contributed by atoms with van der Waals surface area (Å²) >= 11 is 0. The van der Waals surface area contributed by atoms with Gasteiger partial charge < -0.3 is 15.5 Å². The van der Waals surface area contributed by atoms with Crippen molar-refractivity contribution in [2.24, 2.45) is 0 Å². The van der Waals surface area contributed by atoms with Crippen molar-refractivity contribution in [3.05, 3.63) is 54.5 Å². The Hall–Kier alpha value is -3.10. The standard InChI is InChI=1S/C18H18F3N5O/c19-18(20,21)13-2-4-14(5-3-13)24-16-17(23-8-7-22-16)25-15-6-10-26(12-15)9-1-11-27/h1-5,7-9,11,15H,6,10,12H2,(H,22,24)(H,23,25)/t15-/m1/s1. The van der Waals surface area contributed by atoms with Gasteiger partial charge in [-0.15, -0.1) is 0 Å². The van der Waals surface area contributed by atoms with Gasteiger partial charge in [0.1, 0.15) is 6.29 Å². The number of anilines is 3. The highest BCUT2D eigenvalue weighted by Gasteiger charge is 2.30. The van der Waals surface area contributed by atoms with Gasteiger partial charge >= 0.3 is 6.18 Å². The second-order valence-corrected chi connectivity index (χ2v) is 6.06. The Morgan fingerprint density at radius 2 is 1.81 bits per heavy atom. The maximum atomic E-state index is 12.7. The minimum atomic E-state index is -4.37. The highest BCUT2D eigenvalue weighted by Crippen LogP contribution is 2.31. The van der Waals surface area contributed by atoms with Crippen LogP contribution in [0, 0.1) is 0 Å². The molecule has 0 bridgehead atoms. The van der Waals surface area contributed by atoms with Crippen molar-refractivity contribution >= 4 is 23.6 Å². The van der Waals surface area contributed by atoms with Crippen molar-refractivity contribution in [1.82, 2.24) is 14.9 Å². The van der Waals surface area contributed by atoms with Crippen molar-refractivity contribution in [2.75, 3.05) is 23.7 Å². The molecule has 2 N–H and O–H groups in total. The maximum absolute atomic E-state index is 12.7. The van der Waals surface area contributed by atoms with Crippen LogP contribution in [-0.4, -0.2) is 40.3 Å². The van der Waals surface area contributed by atoms with E-state index in [0.717, 1.165) is 31.4 Å². The van der Waals surface area contributed by atoms with E-state index in [1.54, 1.807) is 12.4 Å². The van der Waals surface area contributed by atoms with Gasteiger partial charge in [0.05, 0.1) is 5.56 Å². The average Bonchev–Trinajstić information content (AvgIpc) is 3.09. The zero-order valence-electron chi connectivity index (χ0n) is 14.3. The molecule has 0 radical (unpaired) electrons. The summed E-state index contributed by atoms with van der Waals surface area (Å²) in [6.07, 6.45) is 3.46. The maximum Gasteiger partial charge on any atom is 0.416 e. The summed E-state index contributed by atoms with van der Waals surface area (Å²) in [6.45, 7) is 1.52. The van der Waals surface area contributed by atoms with Gasteiger partial charge in [-0.3, -0.25) is 4.79 Å². The summed E-state index contributed by atoms with van der Waals surface area (Å²) in [5.74, 6) is 0.947. The summed E-state index contributed by atoms with van der Waals surface area (Å²) < 4.78 is 38.0. The van der Waals surface area contributed by atoms with Gasteiger partial charge in [0.15, 0.2) is 11.6 Å². The molecule has 1 aromatic heterocycles. The summed E-state index contributed by atoms with van der Waals surface area (Å²) in [4.78, 5) is 20.9. The van der Waals surface area contributed by atoms with E-state index in [-0.39, 0.29) is 6.04 Å². The molecular weight excluding hydrogens is 359 g/mol. The quantitative estimate of drug-likeness (QED) is 0.594. The molecule has 0 spiro atoms. The van der Waals surface area contributed by atoms with Gasteiger partial charge in [0, 0.05) is 43.4 Å². The molecule has 1 fully saturated rings. The van der Waals surface area contributed by atoms with E-state index in [1.165, 1.54) is 24.4 Å². The van der Waals surface area contributed by atoms with E-state index in [0.29, 0.717) is 23.9 Å². The fourth-order valence-electron chi connectivity index (χ4n) is 2.81. The molecule has 1 aliphatic heterocycles. The van der Waals surface area contributed by atoms with Crippen LogP contribution < -0.4 is 10.6 Å². The van der Waals surface area contributed by atoms with Crippen LogP contribution in [0.5, 0.6) is 0 Å². The summed E-state index contributed by atoms with van der Waals surface area (Å²) in [5.41, 5.74) is -0.228. The first kappa shape index (κ1) is 18.7. The molecule has 27 heavy (non-hydrogen) atoms. The lowest BCUT2D eigenvalue weighted by atomic mass is 10.2. The van der Waals surface area contributed by atoms with E-state index in [1.807, 2.05) is 4.90 Å². The Bertz CT molecular complexity index is 807. The van der Waals surface area contributed by atoms with E-state index >= 15 is 0 Å². The molecule has 1 atom stereocenters. The Morgan fingerprint density at radius 1 is 1.11 bits per heavy atom. The number of allylic oxidation sites excluding steroid dienone is 1. The van der Waals surface area contributed by atoms with Crippen molar-refractivity contribution in [3.8, 4) is 0 Å². The minimum Gasteiger partial charge on any atom is -0.375 e. The van der Waals surface area contributed by atoms with Gasteiger partial charge in [0.2, 0.25) is 0 Å². The average molecular weight is 377 g/mol. The van der Waals surface area contributed by atoms with Crippen LogP contribution in [0.1, 0.15) is 12.0 Å². The second-order valence-electron chi connectivity index (χ2n) is 6.06. The van der Waals surface area contributed by atoms with Gasteiger partial charge in [-0.05, 0) is 36.8 Å². The second kappa shape index (κ2) is 8.07. The van der Waals surface area contributed by atoms with E-state index in [4.69, 9.17) is 0 Å². The number of likely N-dealkylation sites (tertiary alicyclic amines) is 1. The third kappa shape index (κ3) is 4.96. The molecule has 0 saturated carbocycles. The number of nitrogens with zero attached hydrogens (tertiary/aromatic N) is 3. The van der Waals surface area contributed by atoms with Gasteiger partial charge in [-0.2, -0.15) is 13.2 Å². The van der Waals surface area contributed by atoms with Gasteiger partial charge in [-0.25, -0.2) is 9.97 Å². The molecule has 0 aliphatic carbocycles. The van der Waals surface area contributed by atoms with Crippen LogP contribution >= 0.6 is 0 Å². The largest absolute Gasteiger partial charge is 0.416 e. The number of carbonyl (C=O) groups is 1. The van der Waals surface area contributed by atoms with Crippen LogP contribution in [0.3, 0.4) is 0 Å². The number of rotatable bonds is 6. The molecule has 2 aromatic rings. The Balaban J connectivity index is 1.68. The van der Waals surface area contributed by atoms with Crippen LogP contribution in [0.2, 0.25) is 0 Å². The Kier molecular flexibility index (Phi) is 5.58. The van der Waals surface area contributed by atoms with Crippen molar-refractivity contribution in [1.29, 1.82) is 0 Å². The number of alkyl halides is 3. The van der Waals surface area contributed by atoms with Crippen LogP contribution in [0.25, 0.3) is 0 Å². The van der Waals surface area contributed by atoms with E-state index < -0.39 is 11.7 Å². The zero-order chi connectivity index (χ0) is 19.3. The monoisotopic (exact) mass is 377 g/mol. The Morgan fingerprint density at radius 3 is 2.48 bits per heavy atom. The topological polar surface area (TPSA) is 70.2 Å². The fourth-order valence-corrected chi connectivity index (χ4v) is 2.81. The molecule has 9 heteroatoms. The molecule has 6 nitrogen and oxygen atoms in total. The third-order valence-corrected chi connectivity index (χ3v) is 4.11. The lowest BCUT2D eigenvalue weighted by Crippen LogP contribution is -2.24. The summed E-state index contributed by atoms with van der Waals surface area (Å²) in [7, 11) is 0. The van der Waals surface area contributed by atoms with Crippen LogP contribution in [-0.2, 0) is 11.0 Å². The van der Waals surface area contributed by atoms with Crippen molar-refractivity contribution in [3.63, 3.8) is 0 Å². The van der Waals surface area contributed by atoms with Crippen LogP contribution in [0.15, 0.2) is 48.9 Å². The number of carbonyl (C=O) groups excluding carboxylic acids is 1. The molecule has 1 aromatic carbocycles. The SMILES string of the molecule is O=CC=CN1CC[C@@H](Nc2nccnc2Nc2ccc(C(F)(F)F)cc2)C1. The molecular formula is C18H18F3N5O. The molecule has 0 amide bonds. The lowest BCUT2D eigenvalue weighted by Gasteiger charge is -2.17. The zero-order valence-corrected chi connectivity index (χ0v) is 14.3. The van der Waals surface area contributed by atoms with E-state index in [2.05, 4.69) is 20.6 Å². The normalized spacial score (nSPS) is 17.3. The molecule has 0 unspecified atom stereocenters. The Labute approximate surface area is 154 Å². The summed E-state index contributed by atoms with van der Waals surface area (Å²) in [5, 5.41) is 6.29. The number of nitrogens with one attached hydrogen (secondary N) is 2. The molecule has 2 heterocycles. The number of halogens is 3. The molecule has 1 aliphatic rings. The predicted octanol–water partition coefficient (Wildman–Crippen LogP) is 3.44. The highest BCUT2D eigenvalue weighted by atomic mass is 19.4. The van der Waals surface area contributed by atoms with Gasteiger partial charge in [-0.1, -0.05) is 0 Å². The van der Waals surface area contributed by atoms with Gasteiger partial charge in [0.25, 0.3) is 0 Å². The number of aromatic nitrogens is 2. The predicted molar refractivity (Wildman–Crippen MR) is 95.6 cm³/mol. The summed E-state index contributed by atoms with van der Waals surface area (Å²) in [6, 6.07) is 4.84.